The molecule has 1 heterocycles. The highest BCUT2D eigenvalue weighted by Gasteiger charge is 2.26. The lowest BCUT2D eigenvalue weighted by molar-refractivity contribution is -0.134. The van der Waals surface area contributed by atoms with E-state index in [1.54, 1.807) is 0 Å². The predicted octanol–water partition coefficient (Wildman–Crippen LogP) is 3.67. The fourth-order valence-electron chi connectivity index (χ4n) is 2.68. The van der Waals surface area contributed by atoms with Gasteiger partial charge in [0, 0.05) is 17.9 Å². The molecule has 1 saturated heterocycles. The number of alkyl halides is 1. The minimum absolute atomic E-state index is 0.00154. The minimum Gasteiger partial charge on any atom is -0.339 e. The number of carbonyl (C=O) groups excluding carboxylic acids is 1. The molecule has 1 aliphatic heterocycles. The van der Waals surface area contributed by atoms with Gasteiger partial charge in [0.05, 0.1) is 6.42 Å². The molecule has 0 saturated carbocycles. The Morgan fingerprint density at radius 2 is 2.10 bits per heavy atom. The molecular weight excluding hydrogens is 328 g/mol. The normalized spacial score (nSPS) is 19.1. The highest BCUT2D eigenvalue weighted by molar-refractivity contribution is 9.09. The Labute approximate surface area is 126 Å². The predicted molar refractivity (Wildman–Crippen MR) is 77.8 cm³/mol. The molecule has 1 atom stereocenters. The number of piperidine rings is 1. The summed E-state index contributed by atoms with van der Waals surface area (Å²) in [7, 11) is 0. The van der Waals surface area contributed by atoms with Gasteiger partial charge in [0.15, 0.2) is 11.6 Å². The SMILES string of the molecule is O=C(Cc1ccc(F)c(F)c1)N1CCCCC1CCBr. The zero-order valence-corrected chi connectivity index (χ0v) is 12.8. The van der Waals surface area contributed by atoms with Crippen LogP contribution >= 0.6 is 15.9 Å². The molecule has 110 valence electrons. The van der Waals surface area contributed by atoms with Gasteiger partial charge in [0.1, 0.15) is 0 Å². The average Bonchev–Trinajstić information content (AvgIpc) is 2.44. The molecule has 0 N–H and O–H groups in total. The minimum atomic E-state index is -0.897. The fourth-order valence-corrected chi connectivity index (χ4v) is 3.21. The van der Waals surface area contributed by atoms with E-state index in [1.165, 1.54) is 6.07 Å². The summed E-state index contributed by atoms with van der Waals surface area (Å²) in [5.41, 5.74) is 0.525. The van der Waals surface area contributed by atoms with E-state index in [0.717, 1.165) is 49.7 Å². The van der Waals surface area contributed by atoms with Crippen molar-refractivity contribution in [3.63, 3.8) is 0 Å². The van der Waals surface area contributed by atoms with Crippen molar-refractivity contribution in [2.45, 2.75) is 38.1 Å². The van der Waals surface area contributed by atoms with Gasteiger partial charge in [-0.2, -0.15) is 0 Å². The molecule has 0 radical (unpaired) electrons. The van der Waals surface area contributed by atoms with Crippen LogP contribution in [0.5, 0.6) is 0 Å². The molecule has 0 bridgehead atoms. The Morgan fingerprint density at radius 1 is 1.30 bits per heavy atom. The summed E-state index contributed by atoms with van der Waals surface area (Å²) >= 11 is 3.42. The van der Waals surface area contributed by atoms with E-state index in [1.807, 2.05) is 4.90 Å². The van der Waals surface area contributed by atoms with Gasteiger partial charge in [-0.15, -0.1) is 0 Å². The van der Waals surface area contributed by atoms with Crippen molar-refractivity contribution < 1.29 is 13.6 Å². The van der Waals surface area contributed by atoms with Crippen molar-refractivity contribution in [1.29, 1.82) is 0 Å². The number of likely N-dealkylation sites (tertiary alicyclic amines) is 1. The first kappa shape index (κ1) is 15.4. The number of nitrogens with zero attached hydrogens (tertiary/aromatic N) is 1. The Bertz CT molecular complexity index is 479. The molecule has 1 fully saturated rings. The molecule has 1 aliphatic rings. The highest BCUT2D eigenvalue weighted by atomic mass is 79.9. The van der Waals surface area contributed by atoms with Gasteiger partial charge < -0.3 is 4.90 Å². The van der Waals surface area contributed by atoms with Gasteiger partial charge in [-0.05, 0) is 43.4 Å². The molecule has 2 rings (SSSR count). The number of carbonyl (C=O) groups is 1. The second-order valence-electron chi connectivity index (χ2n) is 5.14. The Hall–Kier alpha value is -0.970. The lowest BCUT2D eigenvalue weighted by atomic mass is 9.99. The fraction of sp³-hybridized carbons (Fsp3) is 0.533. The van der Waals surface area contributed by atoms with Crippen molar-refractivity contribution in [1.82, 2.24) is 4.90 Å². The quantitative estimate of drug-likeness (QED) is 0.762. The van der Waals surface area contributed by atoms with Gasteiger partial charge >= 0.3 is 0 Å². The third-order valence-electron chi connectivity index (χ3n) is 3.73. The van der Waals surface area contributed by atoms with Crippen molar-refractivity contribution in [2.75, 3.05) is 11.9 Å². The lowest BCUT2D eigenvalue weighted by Crippen LogP contribution is -2.44. The van der Waals surface area contributed by atoms with E-state index >= 15 is 0 Å². The van der Waals surface area contributed by atoms with Crippen LogP contribution < -0.4 is 0 Å². The van der Waals surface area contributed by atoms with Gasteiger partial charge in [-0.1, -0.05) is 22.0 Å². The average molecular weight is 346 g/mol. The van der Waals surface area contributed by atoms with E-state index < -0.39 is 11.6 Å². The molecule has 0 aromatic heterocycles. The number of amides is 1. The molecule has 2 nitrogen and oxygen atoms in total. The van der Waals surface area contributed by atoms with Crippen LogP contribution in [0.2, 0.25) is 0 Å². The van der Waals surface area contributed by atoms with E-state index in [-0.39, 0.29) is 18.4 Å². The van der Waals surface area contributed by atoms with Gasteiger partial charge in [0.25, 0.3) is 0 Å². The summed E-state index contributed by atoms with van der Waals surface area (Å²) in [5.74, 6) is -1.77. The summed E-state index contributed by atoms with van der Waals surface area (Å²) in [4.78, 5) is 14.2. The van der Waals surface area contributed by atoms with Crippen LogP contribution in [0.3, 0.4) is 0 Å². The van der Waals surface area contributed by atoms with Crippen LogP contribution in [0.1, 0.15) is 31.2 Å². The summed E-state index contributed by atoms with van der Waals surface area (Å²) in [6.07, 6.45) is 4.25. The molecule has 1 aromatic rings. The monoisotopic (exact) mass is 345 g/mol. The molecule has 1 amide bonds. The Balaban J connectivity index is 2.03. The molecule has 1 unspecified atom stereocenters. The second-order valence-corrected chi connectivity index (χ2v) is 5.93. The third kappa shape index (κ3) is 3.78. The molecule has 0 aliphatic carbocycles. The molecule has 0 spiro atoms. The first-order valence-electron chi connectivity index (χ1n) is 6.91. The maximum atomic E-state index is 13.2. The van der Waals surface area contributed by atoms with E-state index in [2.05, 4.69) is 15.9 Å². The first-order valence-corrected chi connectivity index (χ1v) is 8.03. The van der Waals surface area contributed by atoms with Crippen LogP contribution in [0, 0.1) is 11.6 Å². The molecule has 5 heteroatoms. The van der Waals surface area contributed by atoms with Crippen LogP contribution in [0.25, 0.3) is 0 Å². The zero-order valence-electron chi connectivity index (χ0n) is 11.2. The summed E-state index contributed by atoms with van der Waals surface area (Å²) in [6, 6.07) is 3.92. The van der Waals surface area contributed by atoms with Crippen LogP contribution in [-0.4, -0.2) is 28.7 Å². The standard InChI is InChI=1S/C15H18BrF2NO/c16-7-6-12-3-1-2-8-19(12)15(20)10-11-4-5-13(17)14(18)9-11/h4-5,9,12H,1-3,6-8,10H2. The van der Waals surface area contributed by atoms with Crippen molar-refractivity contribution in [3.8, 4) is 0 Å². The van der Waals surface area contributed by atoms with Crippen LogP contribution in [0.4, 0.5) is 8.78 Å². The largest absolute Gasteiger partial charge is 0.339 e. The second kappa shape index (κ2) is 7.16. The number of halogens is 3. The number of hydrogen-bond donors (Lipinski definition) is 0. The highest BCUT2D eigenvalue weighted by Crippen LogP contribution is 2.21. The summed E-state index contributed by atoms with van der Waals surface area (Å²) < 4.78 is 26.0. The molecular formula is C15H18BrF2NO. The molecule has 20 heavy (non-hydrogen) atoms. The van der Waals surface area contributed by atoms with Crippen LogP contribution in [0.15, 0.2) is 18.2 Å². The Kier molecular flexibility index (Phi) is 5.52. The maximum absolute atomic E-state index is 13.2. The summed E-state index contributed by atoms with van der Waals surface area (Å²) in [6.45, 7) is 0.764. The van der Waals surface area contributed by atoms with Gasteiger partial charge in [0.2, 0.25) is 5.91 Å². The summed E-state index contributed by atoms with van der Waals surface area (Å²) in [5, 5.41) is 0.868. The smallest absolute Gasteiger partial charge is 0.227 e. The van der Waals surface area contributed by atoms with Gasteiger partial charge in [-0.25, -0.2) is 8.78 Å². The number of benzene rings is 1. The zero-order chi connectivity index (χ0) is 14.5. The lowest BCUT2D eigenvalue weighted by Gasteiger charge is -2.35. The molecule has 1 aromatic carbocycles. The van der Waals surface area contributed by atoms with E-state index in [4.69, 9.17) is 0 Å². The Morgan fingerprint density at radius 3 is 2.80 bits per heavy atom. The number of rotatable bonds is 4. The van der Waals surface area contributed by atoms with Crippen molar-refractivity contribution in [3.05, 3.63) is 35.4 Å². The first-order chi connectivity index (χ1) is 9.61. The van der Waals surface area contributed by atoms with Gasteiger partial charge in [-0.3, -0.25) is 4.79 Å². The van der Waals surface area contributed by atoms with E-state index in [0.29, 0.717) is 5.56 Å². The third-order valence-corrected chi connectivity index (χ3v) is 4.19. The van der Waals surface area contributed by atoms with E-state index in [9.17, 15) is 13.6 Å². The van der Waals surface area contributed by atoms with Crippen molar-refractivity contribution >= 4 is 21.8 Å². The van der Waals surface area contributed by atoms with Crippen LogP contribution in [-0.2, 0) is 11.2 Å². The van der Waals surface area contributed by atoms with Crippen molar-refractivity contribution in [2.24, 2.45) is 0 Å². The topological polar surface area (TPSA) is 20.3 Å². The number of hydrogen-bond acceptors (Lipinski definition) is 1. The maximum Gasteiger partial charge on any atom is 0.227 e.